The van der Waals surface area contributed by atoms with Gasteiger partial charge in [-0.3, -0.25) is 14.1 Å². The number of nitrogens with zero attached hydrogens (tertiary/aromatic N) is 2. The van der Waals surface area contributed by atoms with Gasteiger partial charge >= 0.3 is 5.91 Å². The van der Waals surface area contributed by atoms with E-state index < -0.39 is 16.9 Å². The SMILES string of the molecule is CNC(=O)[C@@H]1C[C@H](N(C(=O)C(C)(C)C)C2CCC(C)(C)CC2)C[N+]1(C)C(=O)[C@]1(c2ccc(Cl)cc2)CCNC1. The van der Waals surface area contributed by atoms with E-state index in [2.05, 4.69) is 29.4 Å². The van der Waals surface area contributed by atoms with Crippen molar-refractivity contribution in [2.24, 2.45) is 10.8 Å². The predicted octanol–water partition coefficient (Wildman–Crippen LogP) is 4.27. The lowest BCUT2D eigenvalue weighted by Crippen LogP contribution is -2.64. The van der Waals surface area contributed by atoms with Crippen LogP contribution < -0.4 is 10.6 Å². The van der Waals surface area contributed by atoms with Crippen LogP contribution in [0.25, 0.3) is 0 Å². The van der Waals surface area contributed by atoms with E-state index >= 15 is 0 Å². The van der Waals surface area contributed by atoms with Gasteiger partial charge in [0.15, 0.2) is 6.04 Å². The Hall–Kier alpha value is -1.96. The highest BCUT2D eigenvalue weighted by atomic mass is 35.5. The van der Waals surface area contributed by atoms with Gasteiger partial charge in [0.05, 0.1) is 13.1 Å². The summed E-state index contributed by atoms with van der Waals surface area (Å²) >= 11 is 6.20. The highest BCUT2D eigenvalue weighted by molar-refractivity contribution is 6.30. The van der Waals surface area contributed by atoms with E-state index in [9.17, 15) is 14.4 Å². The second-order valence-corrected chi connectivity index (χ2v) is 14.6. The topological polar surface area (TPSA) is 78.5 Å². The van der Waals surface area contributed by atoms with E-state index in [1.54, 1.807) is 7.05 Å². The van der Waals surface area contributed by atoms with Gasteiger partial charge in [0.2, 0.25) is 5.91 Å². The van der Waals surface area contributed by atoms with Crippen LogP contribution >= 0.6 is 11.6 Å². The monoisotopic (exact) mass is 559 g/mol. The highest BCUT2D eigenvalue weighted by Crippen LogP contribution is 2.43. The van der Waals surface area contributed by atoms with Crippen LogP contribution in [0.4, 0.5) is 0 Å². The van der Waals surface area contributed by atoms with Crippen LogP contribution in [0.15, 0.2) is 24.3 Å². The van der Waals surface area contributed by atoms with E-state index in [1.807, 2.05) is 52.1 Å². The molecular formula is C31H48ClN4O3+. The number of likely N-dealkylation sites (tertiary alicyclic amines) is 1. The van der Waals surface area contributed by atoms with Gasteiger partial charge in [-0.1, -0.05) is 58.4 Å². The van der Waals surface area contributed by atoms with E-state index in [4.69, 9.17) is 11.6 Å². The quantitative estimate of drug-likeness (QED) is 0.528. The third kappa shape index (κ3) is 5.64. The van der Waals surface area contributed by atoms with Crippen molar-refractivity contribution in [1.29, 1.82) is 0 Å². The summed E-state index contributed by atoms with van der Waals surface area (Å²) in [5.41, 5.74) is -0.106. The number of rotatable bonds is 5. The Labute approximate surface area is 239 Å². The first-order valence-corrected chi connectivity index (χ1v) is 14.9. The first-order valence-electron chi connectivity index (χ1n) is 14.6. The second-order valence-electron chi connectivity index (χ2n) is 14.1. The van der Waals surface area contributed by atoms with Gasteiger partial charge < -0.3 is 15.5 Å². The number of hydrogen-bond donors (Lipinski definition) is 2. The van der Waals surface area contributed by atoms with Crippen molar-refractivity contribution in [3.63, 3.8) is 0 Å². The van der Waals surface area contributed by atoms with Crippen LogP contribution in [-0.4, -0.2) is 79.0 Å². The zero-order valence-corrected chi connectivity index (χ0v) is 25.7. The van der Waals surface area contributed by atoms with Crippen molar-refractivity contribution in [2.45, 2.75) is 96.7 Å². The fourth-order valence-corrected chi connectivity index (χ4v) is 7.40. The van der Waals surface area contributed by atoms with Crippen LogP contribution in [0.2, 0.25) is 5.02 Å². The molecule has 2 heterocycles. The number of carbonyl (C=O) groups is 3. The lowest BCUT2D eigenvalue weighted by molar-refractivity contribution is -0.840. The third-order valence-corrected chi connectivity index (χ3v) is 9.97. The molecule has 1 aliphatic carbocycles. The summed E-state index contributed by atoms with van der Waals surface area (Å²) in [6.07, 6.45) is 5.17. The maximum absolute atomic E-state index is 14.8. The summed E-state index contributed by atoms with van der Waals surface area (Å²) in [7, 11) is 3.56. The number of quaternary nitrogens is 1. The molecule has 216 valence electrons. The summed E-state index contributed by atoms with van der Waals surface area (Å²) < 4.78 is -0.0131. The van der Waals surface area contributed by atoms with Crippen LogP contribution in [-0.2, 0) is 19.8 Å². The van der Waals surface area contributed by atoms with E-state index in [-0.39, 0.29) is 39.7 Å². The van der Waals surface area contributed by atoms with Crippen molar-refractivity contribution in [3.05, 3.63) is 34.9 Å². The maximum atomic E-state index is 14.8. The Morgan fingerprint density at radius 2 is 1.67 bits per heavy atom. The first kappa shape index (κ1) is 30.0. The molecule has 3 fully saturated rings. The molecule has 1 unspecified atom stereocenters. The third-order valence-electron chi connectivity index (χ3n) is 9.72. The normalized spacial score (nSPS) is 31.2. The smallest absolute Gasteiger partial charge is 0.326 e. The molecule has 1 aromatic carbocycles. The van der Waals surface area contributed by atoms with Gasteiger partial charge in [0, 0.05) is 36.5 Å². The van der Waals surface area contributed by atoms with Gasteiger partial charge in [0.25, 0.3) is 5.91 Å². The summed E-state index contributed by atoms with van der Waals surface area (Å²) in [4.78, 5) is 44.4. The van der Waals surface area contributed by atoms with E-state index in [1.165, 1.54) is 0 Å². The molecule has 39 heavy (non-hydrogen) atoms. The van der Waals surface area contributed by atoms with Gasteiger partial charge in [-0.2, -0.15) is 0 Å². The van der Waals surface area contributed by atoms with Crippen molar-refractivity contribution < 1.29 is 18.9 Å². The first-order chi connectivity index (χ1) is 18.1. The molecule has 0 bridgehead atoms. The molecule has 0 radical (unpaired) electrons. The minimum atomic E-state index is -0.756. The number of carbonyl (C=O) groups excluding carboxylic acids is 3. The van der Waals surface area contributed by atoms with Crippen molar-refractivity contribution in [1.82, 2.24) is 15.5 Å². The summed E-state index contributed by atoms with van der Waals surface area (Å²) in [5, 5.41) is 6.87. The molecule has 2 N–H and O–H groups in total. The molecule has 8 heteroatoms. The minimum absolute atomic E-state index is 0.0131. The fraction of sp³-hybridized carbons (Fsp3) is 0.710. The van der Waals surface area contributed by atoms with E-state index in [0.29, 0.717) is 31.0 Å². The minimum Gasteiger partial charge on any atom is -0.354 e. The number of nitrogens with one attached hydrogen (secondary N) is 2. The zero-order valence-electron chi connectivity index (χ0n) is 24.9. The average molecular weight is 560 g/mol. The Morgan fingerprint density at radius 1 is 1.05 bits per heavy atom. The van der Waals surface area contributed by atoms with Gasteiger partial charge in [0.1, 0.15) is 12.0 Å². The lowest BCUT2D eigenvalue weighted by atomic mass is 9.74. The molecule has 7 nitrogen and oxygen atoms in total. The van der Waals surface area contributed by atoms with Crippen LogP contribution in [0, 0.1) is 10.8 Å². The summed E-state index contributed by atoms with van der Waals surface area (Å²) in [6.45, 7) is 12.2. The Morgan fingerprint density at radius 3 is 2.18 bits per heavy atom. The number of benzene rings is 1. The molecule has 3 aliphatic rings. The summed E-state index contributed by atoms with van der Waals surface area (Å²) in [5.74, 6) is 0.0149. The molecule has 0 aromatic heterocycles. The molecule has 1 saturated carbocycles. The highest BCUT2D eigenvalue weighted by Gasteiger charge is 2.62. The van der Waals surface area contributed by atoms with Crippen LogP contribution in [0.1, 0.15) is 78.7 Å². The second kappa shape index (κ2) is 10.8. The van der Waals surface area contributed by atoms with Crippen molar-refractivity contribution >= 4 is 29.3 Å². The van der Waals surface area contributed by atoms with Gasteiger partial charge in [-0.15, -0.1) is 0 Å². The van der Waals surface area contributed by atoms with Crippen molar-refractivity contribution in [3.8, 4) is 0 Å². The maximum Gasteiger partial charge on any atom is 0.326 e. The van der Waals surface area contributed by atoms with Crippen molar-refractivity contribution in [2.75, 3.05) is 33.7 Å². The molecule has 4 atom stereocenters. The molecule has 4 rings (SSSR count). The lowest BCUT2D eigenvalue weighted by Gasteiger charge is -2.45. The number of hydrogen-bond acceptors (Lipinski definition) is 4. The number of amides is 3. The predicted molar refractivity (Wildman–Crippen MR) is 155 cm³/mol. The molecular weight excluding hydrogens is 512 g/mol. The molecule has 0 spiro atoms. The summed E-state index contributed by atoms with van der Waals surface area (Å²) in [6, 6.07) is 6.94. The van der Waals surface area contributed by atoms with Crippen LogP contribution in [0.3, 0.4) is 0 Å². The Balaban J connectivity index is 1.74. The standard InChI is InChI=1S/C31H47ClN4O3/c1-29(2,3)27(38)35(23-12-14-30(4,5)15-13-23)24-18-25(26(37)33-6)36(7,19-24)28(39)31(16-17-34-20-31)21-8-10-22(32)11-9-21/h8-11,23-25,34H,12-20H2,1-7H3/p+1/t24-,25-,31+,36?/m0/s1. The van der Waals surface area contributed by atoms with Crippen LogP contribution in [0.5, 0.6) is 0 Å². The van der Waals surface area contributed by atoms with E-state index in [0.717, 1.165) is 37.8 Å². The molecule has 1 aromatic rings. The molecule has 3 amide bonds. The fourth-order valence-electron chi connectivity index (χ4n) is 7.27. The average Bonchev–Trinajstić information content (AvgIpc) is 3.50. The Bertz CT molecular complexity index is 1080. The van der Waals surface area contributed by atoms with Gasteiger partial charge in [-0.25, -0.2) is 4.79 Å². The Kier molecular flexibility index (Phi) is 8.30. The number of halogens is 1. The largest absolute Gasteiger partial charge is 0.354 e. The molecule has 2 saturated heterocycles. The van der Waals surface area contributed by atoms with Gasteiger partial charge in [-0.05, 0) is 61.8 Å². The number of likely N-dealkylation sites (N-methyl/N-ethyl adjacent to an activating group) is 2. The zero-order chi connectivity index (χ0) is 28.8. The molecule has 2 aliphatic heterocycles.